The highest BCUT2D eigenvalue weighted by atomic mass is 15.2. The minimum absolute atomic E-state index is 0.405. The summed E-state index contributed by atoms with van der Waals surface area (Å²) in [6, 6.07) is 2.76. The predicted octanol–water partition coefficient (Wildman–Crippen LogP) is 1.78. The Morgan fingerprint density at radius 1 is 1.37 bits per heavy atom. The van der Waals surface area contributed by atoms with Gasteiger partial charge in [-0.15, -0.1) is 0 Å². The van der Waals surface area contributed by atoms with Crippen molar-refractivity contribution in [2.45, 2.75) is 45.2 Å². The van der Waals surface area contributed by atoms with E-state index in [2.05, 4.69) is 35.1 Å². The van der Waals surface area contributed by atoms with Gasteiger partial charge in [0, 0.05) is 37.8 Å². The summed E-state index contributed by atoms with van der Waals surface area (Å²) in [6.45, 7) is 8.82. The lowest BCUT2D eigenvalue weighted by Crippen LogP contribution is -2.43. The summed E-state index contributed by atoms with van der Waals surface area (Å²) in [5, 5.41) is 3.58. The van der Waals surface area contributed by atoms with Crippen LogP contribution in [0.5, 0.6) is 0 Å². The van der Waals surface area contributed by atoms with Crippen molar-refractivity contribution in [3.63, 3.8) is 0 Å². The van der Waals surface area contributed by atoms with Gasteiger partial charge in [0.15, 0.2) is 0 Å². The Kier molecular flexibility index (Phi) is 3.80. The molecule has 0 radical (unpaired) electrons. The third-order valence-electron chi connectivity index (χ3n) is 4.34. The maximum absolute atomic E-state index is 4.71. The molecule has 0 amide bonds. The smallest absolute Gasteiger partial charge is 0.131 e. The molecule has 3 aliphatic heterocycles. The number of hydrogen-bond donors (Lipinski definition) is 1. The van der Waals surface area contributed by atoms with E-state index in [1.54, 1.807) is 0 Å². The topological polar surface area (TPSA) is 41.1 Å². The molecule has 104 valence electrons. The van der Waals surface area contributed by atoms with Crippen LogP contribution in [0.1, 0.15) is 44.1 Å². The highest BCUT2D eigenvalue weighted by Gasteiger charge is 2.31. The molecule has 1 N–H and O–H groups in total. The first kappa shape index (κ1) is 13.0. The van der Waals surface area contributed by atoms with Gasteiger partial charge in [0.1, 0.15) is 5.82 Å². The Hall–Kier alpha value is -1.00. The summed E-state index contributed by atoms with van der Waals surface area (Å²) < 4.78 is 0. The van der Waals surface area contributed by atoms with Crippen LogP contribution in [-0.2, 0) is 6.54 Å². The Morgan fingerprint density at radius 3 is 3.11 bits per heavy atom. The molecule has 0 saturated carbocycles. The number of piperidine rings is 1. The predicted molar refractivity (Wildman–Crippen MR) is 75.9 cm³/mol. The van der Waals surface area contributed by atoms with Crippen molar-refractivity contribution < 1.29 is 0 Å². The quantitative estimate of drug-likeness (QED) is 0.899. The van der Waals surface area contributed by atoms with Crippen LogP contribution in [-0.4, -0.2) is 40.5 Å². The van der Waals surface area contributed by atoms with Crippen molar-refractivity contribution in [3.05, 3.63) is 23.8 Å². The van der Waals surface area contributed by atoms with E-state index in [1.807, 2.05) is 6.20 Å². The molecule has 4 heteroatoms. The maximum atomic E-state index is 4.71. The van der Waals surface area contributed by atoms with E-state index in [4.69, 9.17) is 4.98 Å². The molecule has 1 aromatic heterocycles. The van der Waals surface area contributed by atoms with Crippen molar-refractivity contribution >= 4 is 0 Å². The Balaban J connectivity index is 1.72. The third kappa shape index (κ3) is 2.95. The highest BCUT2D eigenvalue weighted by molar-refractivity contribution is 5.05. The molecule has 0 aliphatic carbocycles. The number of fused-ring (bicyclic) bond motifs is 4. The Bertz CT molecular complexity index is 428. The largest absolute Gasteiger partial charge is 0.315 e. The number of rotatable bonds is 3. The molecule has 4 nitrogen and oxygen atoms in total. The van der Waals surface area contributed by atoms with Crippen molar-refractivity contribution in [1.82, 2.24) is 20.2 Å². The van der Waals surface area contributed by atoms with Crippen molar-refractivity contribution in [2.24, 2.45) is 5.92 Å². The lowest BCUT2D eigenvalue weighted by molar-refractivity contribution is 0.124. The molecule has 2 bridgehead atoms. The van der Waals surface area contributed by atoms with E-state index in [0.29, 0.717) is 12.0 Å². The van der Waals surface area contributed by atoms with E-state index in [1.165, 1.54) is 31.6 Å². The molecule has 4 heterocycles. The fraction of sp³-hybridized carbons (Fsp3) is 0.733. The zero-order chi connectivity index (χ0) is 13.2. The van der Waals surface area contributed by atoms with Crippen LogP contribution in [0, 0.1) is 5.92 Å². The van der Waals surface area contributed by atoms with E-state index in [-0.39, 0.29) is 0 Å². The standard InChI is InChI=1S/C15H24N4/c1-11(2)15-17-6-5-13(18-15)10-19-9-12-3-4-14(19)8-16-7-12/h5-6,11-12,14,16H,3-4,7-10H2,1-2H3/t12-,14+/m1/s1. The molecule has 19 heavy (non-hydrogen) atoms. The van der Waals surface area contributed by atoms with Gasteiger partial charge in [-0.1, -0.05) is 13.8 Å². The fourth-order valence-electron chi connectivity index (χ4n) is 3.22. The van der Waals surface area contributed by atoms with Crippen LogP contribution in [0.25, 0.3) is 0 Å². The summed E-state index contributed by atoms with van der Waals surface area (Å²) in [5.74, 6) is 2.20. The average molecular weight is 260 g/mol. The Morgan fingerprint density at radius 2 is 2.26 bits per heavy atom. The van der Waals surface area contributed by atoms with Gasteiger partial charge in [0.05, 0.1) is 5.69 Å². The van der Waals surface area contributed by atoms with E-state index in [9.17, 15) is 0 Å². The molecule has 0 aromatic carbocycles. The van der Waals surface area contributed by atoms with Gasteiger partial charge >= 0.3 is 0 Å². The first-order valence-electron chi connectivity index (χ1n) is 7.49. The molecular weight excluding hydrogens is 236 g/mol. The second kappa shape index (κ2) is 5.55. The number of nitrogens with one attached hydrogen (secondary N) is 1. The number of nitrogens with zero attached hydrogens (tertiary/aromatic N) is 3. The molecular formula is C15H24N4. The highest BCUT2D eigenvalue weighted by Crippen LogP contribution is 2.25. The summed E-state index contributed by atoms with van der Waals surface area (Å²) in [7, 11) is 0. The van der Waals surface area contributed by atoms with Crippen molar-refractivity contribution in [2.75, 3.05) is 19.6 Å². The minimum atomic E-state index is 0.405. The summed E-state index contributed by atoms with van der Waals surface area (Å²) in [4.78, 5) is 11.7. The van der Waals surface area contributed by atoms with Crippen LogP contribution >= 0.6 is 0 Å². The zero-order valence-corrected chi connectivity index (χ0v) is 12.0. The van der Waals surface area contributed by atoms with Crippen molar-refractivity contribution in [3.8, 4) is 0 Å². The monoisotopic (exact) mass is 260 g/mol. The minimum Gasteiger partial charge on any atom is -0.315 e. The van der Waals surface area contributed by atoms with Crippen molar-refractivity contribution in [1.29, 1.82) is 0 Å². The fourth-order valence-corrected chi connectivity index (χ4v) is 3.22. The first-order chi connectivity index (χ1) is 9.22. The normalized spacial score (nSPS) is 27.7. The van der Waals surface area contributed by atoms with Gasteiger partial charge in [0.25, 0.3) is 0 Å². The maximum Gasteiger partial charge on any atom is 0.131 e. The average Bonchev–Trinajstić information content (AvgIpc) is 2.74. The summed E-state index contributed by atoms with van der Waals surface area (Å²) in [5.41, 5.74) is 1.17. The summed E-state index contributed by atoms with van der Waals surface area (Å²) >= 11 is 0. The van der Waals surface area contributed by atoms with Crippen LogP contribution < -0.4 is 5.32 Å². The second-order valence-electron chi connectivity index (χ2n) is 6.25. The van der Waals surface area contributed by atoms with Gasteiger partial charge in [-0.3, -0.25) is 4.90 Å². The molecule has 3 saturated heterocycles. The molecule has 4 rings (SSSR count). The lowest BCUT2D eigenvalue weighted by Gasteiger charge is -2.35. The SMILES string of the molecule is CC(C)c1nccc(CN2C[C@@H]3CC[C@H]2CNC3)n1. The molecule has 0 spiro atoms. The van der Waals surface area contributed by atoms with Gasteiger partial charge in [-0.25, -0.2) is 9.97 Å². The van der Waals surface area contributed by atoms with Gasteiger partial charge in [-0.05, 0) is 31.4 Å². The van der Waals surface area contributed by atoms with E-state index >= 15 is 0 Å². The Labute approximate surface area is 115 Å². The molecule has 0 unspecified atom stereocenters. The molecule has 3 aliphatic rings. The zero-order valence-electron chi connectivity index (χ0n) is 12.0. The third-order valence-corrected chi connectivity index (χ3v) is 4.34. The number of aromatic nitrogens is 2. The van der Waals surface area contributed by atoms with E-state index in [0.717, 1.165) is 24.8 Å². The second-order valence-corrected chi connectivity index (χ2v) is 6.25. The first-order valence-corrected chi connectivity index (χ1v) is 7.49. The van der Waals surface area contributed by atoms with Crippen LogP contribution in [0.4, 0.5) is 0 Å². The molecule has 2 atom stereocenters. The van der Waals surface area contributed by atoms with Gasteiger partial charge in [0.2, 0.25) is 0 Å². The summed E-state index contributed by atoms with van der Waals surface area (Å²) in [6.07, 6.45) is 4.63. The van der Waals surface area contributed by atoms with E-state index < -0.39 is 0 Å². The van der Waals surface area contributed by atoms with Crippen LogP contribution in [0.15, 0.2) is 12.3 Å². The molecule has 3 fully saturated rings. The van der Waals surface area contributed by atoms with Crippen LogP contribution in [0.3, 0.4) is 0 Å². The number of hydrogen-bond acceptors (Lipinski definition) is 4. The van der Waals surface area contributed by atoms with Crippen LogP contribution in [0.2, 0.25) is 0 Å². The van der Waals surface area contributed by atoms with Gasteiger partial charge < -0.3 is 5.32 Å². The van der Waals surface area contributed by atoms with Gasteiger partial charge in [-0.2, -0.15) is 0 Å². The lowest BCUT2D eigenvalue weighted by atomic mass is 9.95. The molecule has 1 aromatic rings.